The zero-order chi connectivity index (χ0) is 48.4. The molecular weight excluding hydrogens is 869 g/mol. The predicted molar refractivity (Wildman–Crippen MR) is 234 cm³/mol. The second-order valence-electron chi connectivity index (χ2n) is 17.0. The Morgan fingerprint density at radius 3 is 2.23 bits per heavy atom. The number of hydrogen-bond donors (Lipinski definition) is 8. The van der Waals surface area contributed by atoms with E-state index in [9.17, 15) is 59.4 Å². The maximum absolute atomic E-state index is 14.7. The first-order valence-corrected chi connectivity index (χ1v) is 22.2. The van der Waals surface area contributed by atoms with Gasteiger partial charge in [0.05, 0.1) is 52.3 Å². The topological polar surface area (TPSA) is 285 Å². The number of ketones is 3. The molecule has 0 aromatic heterocycles. The maximum atomic E-state index is 14.7. The monoisotopic (exact) mass is 926 g/mol. The molecule has 19 heteroatoms. The molecule has 0 radical (unpaired) electrons. The van der Waals surface area contributed by atoms with Gasteiger partial charge in [0.15, 0.2) is 0 Å². The number of rotatable bonds is 7. The van der Waals surface area contributed by atoms with E-state index in [1.54, 1.807) is 33.8 Å². The Morgan fingerprint density at radius 2 is 1.60 bits per heavy atom. The second-order valence-corrected chi connectivity index (χ2v) is 18.1. The van der Waals surface area contributed by atoms with Crippen LogP contribution in [0.3, 0.4) is 0 Å². The number of esters is 1. The molecular formula is C46H58N2O16S. The molecule has 2 aliphatic carbocycles. The molecule has 354 valence electrons. The van der Waals surface area contributed by atoms with Gasteiger partial charge in [-0.1, -0.05) is 45.9 Å². The molecule has 12 atom stereocenters. The van der Waals surface area contributed by atoms with E-state index >= 15 is 0 Å². The smallest absolute Gasteiger partial charge is 0.312 e. The van der Waals surface area contributed by atoms with Gasteiger partial charge in [-0.2, -0.15) is 0 Å². The maximum Gasteiger partial charge on any atom is 0.312 e. The molecule has 5 aliphatic rings. The fourth-order valence-corrected chi connectivity index (χ4v) is 9.28. The van der Waals surface area contributed by atoms with E-state index < -0.39 is 130 Å². The van der Waals surface area contributed by atoms with Crippen LogP contribution in [0.5, 0.6) is 11.5 Å². The summed E-state index contributed by atoms with van der Waals surface area (Å²) in [5.41, 5.74) is -1.96. The normalized spacial score (nSPS) is 34.1. The number of carbonyl (C=O) groups excluding carboxylic acids is 6. The van der Waals surface area contributed by atoms with Gasteiger partial charge >= 0.3 is 11.8 Å². The molecule has 2 amide bonds. The van der Waals surface area contributed by atoms with Crippen LogP contribution >= 0.6 is 11.8 Å². The molecule has 1 aromatic carbocycles. The summed E-state index contributed by atoms with van der Waals surface area (Å²) in [6.07, 6.45) is -0.509. The van der Waals surface area contributed by atoms with Crippen molar-refractivity contribution in [3.05, 3.63) is 80.6 Å². The first kappa shape index (κ1) is 50.8. The van der Waals surface area contributed by atoms with Crippen LogP contribution < -0.4 is 15.4 Å². The number of ether oxygens (including phenoxy) is 4. The molecule has 8 N–H and O–H groups in total. The third-order valence-corrected chi connectivity index (χ3v) is 13.5. The highest BCUT2D eigenvalue weighted by Gasteiger charge is 2.53. The van der Waals surface area contributed by atoms with Crippen LogP contribution in [-0.4, -0.2) is 134 Å². The molecule has 0 unspecified atom stereocenters. The van der Waals surface area contributed by atoms with E-state index in [1.165, 1.54) is 53.0 Å². The Balaban J connectivity index is 1.58. The van der Waals surface area contributed by atoms with Crippen LogP contribution in [-0.2, 0) is 28.6 Å². The first-order valence-electron chi connectivity index (χ1n) is 21.2. The van der Waals surface area contributed by atoms with Crippen molar-refractivity contribution in [2.75, 3.05) is 19.4 Å². The number of fused-ring (bicyclic) bond motifs is 14. The zero-order valence-corrected chi connectivity index (χ0v) is 38.4. The van der Waals surface area contributed by atoms with Gasteiger partial charge < -0.3 is 60.2 Å². The number of phenolic OH excluding ortho intramolecular Hbond substituents is 1. The largest absolute Gasteiger partial charge is 0.507 e. The Hall–Kier alpha value is -5.15. The standard InChI is InChI=1S/C46H58N2O16S/c1-19-11-10-12-20(2)44(59)48-33-38(56)31-30(39(57)42(33)65-16-14-47-45(60)26-17-27(50)37(55)28(51)18-26)32-41(24(6)36(31)54)64-46(8,43(32)58)62-15-13-29(61-9)21(3)40(63-25(7)49)23(5)35(53)22(4)34(19)52/h10-13,15,17,19,21-23,27-29,34-35,37,40,50-55H,14,16,18H2,1-9H3,(H,47,60)(H,48,59)/b11-10+,15-13+,20-12-/t19-,21-,22-,23+,27-,28-,29+,34+,35+,37-,40-,46+/m1/s1. The lowest BCUT2D eigenvalue weighted by Crippen LogP contribution is -2.46. The minimum absolute atomic E-state index is 0.00827. The number of allylic oxidation sites excluding steroid dienone is 4. The quantitative estimate of drug-likeness (QED) is 0.144. The van der Waals surface area contributed by atoms with Crippen molar-refractivity contribution in [3.63, 3.8) is 0 Å². The number of aliphatic hydroxyl groups excluding tert-OH is 5. The summed E-state index contributed by atoms with van der Waals surface area (Å²) in [6.45, 7) is 11.9. The molecule has 18 nitrogen and oxygen atoms in total. The highest BCUT2D eigenvalue weighted by atomic mass is 32.2. The van der Waals surface area contributed by atoms with Gasteiger partial charge in [0, 0.05) is 80.1 Å². The number of amides is 2. The Kier molecular flexibility index (Phi) is 16.1. The number of thioether (sulfide) groups is 1. The van der Waals surface area contributed by atoms with E-state index in [2.05, 4.69) is 10.6 Å². The average molecular weight is 927 g/mol. The van der Waals surface area contributed by atoms with Gasteiger partial charge in [-0.25, -0.2) is 0 Å². The van der Waals surface area contributed by atoms with Crippen LogP contribution in [0.25, 0.3) is 0 Å². The van der Waals surface area contributed by atoms with Crippen molar-refractivity contribution in [3.8, 4) is 11.5 Å². The Morgan fingerprint density at radius 1 is 0.923 bits per heavy atom. The van der Waals surface area contributed by atoms with E-state index in [0.717, 1.165) is 24.1 Å². The lowest BCUT2D eigenvalue weighted by atomic mass is 9.78. The summed E-state index contributed by atoms with van der Waals surface area (Å²) >= 11 is 0.761. The molecule has 65 heavy (non-hydrogen) atoms. The van der Waals surface area contributed by atoms with E-state index in [-0.39, 0.29) is 51.6 Å². The first-order chi connectivity index (χ1) is 30.5. The summed E-state index contributed by atoms with van der Waals surface area (Å²) < 4.78 is 23.4. The third kappa shape index (κ3) is 10.3. The van der Waals surface area contributed by atoms with Gasteiger partial charge in [-0.15, -0.1) is 11.8 Å². The highest BCUT2D eigenvalue weighted by molar-refractivity contribution is 8.04. The van der Waals surface area contributed by atoms with Gasteiger partial charge in [0.2, 0.25) is 17.5 Å². The minimum atomic E-state index is -2.17. The summed E-state index contributed by atoms with van der Waals surface area (Å²) in [7, 11) is 1.39. The summed E-state index contributed by atoms with van der Waals surface area (Å²) in [5, 5.41) is 69.4. The van der Waals surface area contributed by atoms with Crippen molar-refractivity contribution in [1.29, 1.82) is 0 Å². The Bertz CT molecular complexity index is 2260. The van der Waals surface area contributed by atoms with Crippen LogP contribution in [0, 0.1) is 30.6 Å². The SMILES string of the molecule is CO[C@H]1/C=C/O[C@@]2(C)Oc3c(C)c(O)c4c(c3C2=O)C(=O)C(SCCNC(=O)C2=C[C@@H](O)[C@@H](O)[C@H](O)C2)=C(NC(=O)/C(C)=C\C=C\[C@@H](C)[C@H](O)[C@@H](C)[C@H](O)[C@H](C)[C@H](OC(C)=O)[C@@H]1C)C4=O. The molecule has 0 saturated heterocycles. The number of methoxy groups -OCH3 is 1. The van der Waals surface area contributed by atoms with Crippen LogP contribution in [0.15, 0.2) is 58.4 Å². The molecule has 3 aliphatic heterocycles. The minimum Gasteiger partial charge on any atom is -0.507 e. The van der Waals surface area contributed by atoms with Crippen LogP contribution in [0.2, 0.25) is 0 Å². The number of phenols is 1. The van der Waals surface area contributed by atoms with Gasteiger partial charge in [0.25, 0.3) is 11.7 Å². The predicted octanol–water partition coefficient (Wildman–Crippen LogP) is 2.22. The van der Waals surface area contributed by atoms with Crippen molar-refractivity contribution in [1.82, 2.24) is 10.6 Å². The number of carbonyl (C=O) groups is 6. The zero-order valence-electron chi connectivity index (χ0n) is 37.6. The molecule has 0 saturated carbocycles. The Labute approximate surface area is 380 Å². The highest BCUT2D eigenvalue weighted by Crippen LogP contribution is 2.49. The number of aromatic hydroxyl groups is 1. The molecule has 3 heterocycles. The lowest BCUT2D eigenvalue weighted by molar-refractivity contribution is -0.160. The van der Waals surface area contributed by atoms with Crippen molar-refractivity contribution >= 4 is 46.9 Å². The van der Waals surface area contributed by atoms with Crippen molar-refractivity contribution in [2.45, 2.75) is 110 Å². The molecule has 6 rings (SSSR count). The summed E-state index contributed by atoms with van der Waals surface area (Å²) in [5.74, 6) is -10.8. The van der Waals surface area contributed by atoms with Crippen LogP contribution in [0.1, 0.15) is 91.5 Å². The van der Waals surface area contributed by atoms with E-state index in [4.69, 9.17) is 18.9 Å². The number of nitrogens with one attached hydrogen (secondary N) is 2. The molecule has 0 spiro atoms. The molecule has 5 bridgehead atoms. The van der Waals surface area contributed by atoms with Gasteiger partial charge in [0.1, 0.15) is 35.5 Å². The average Bonchev–Trinajstić information content (AvgIpc) is 3.52. The van der Waals surface area contributed by atoms with Crippen LogP contribution in [0.4, 0.5) is 0 Å². The van der Waals surface area contributed by atoms with E-state index in [1.807, 2.05) is 0 Å². The van der Waals surface area contributed by atoms with Gasteiger partial charge in [-0.3, -0.25) is 28.8 Å². The number of hydrogen-bond acceptors (Lipinski definition) is 17. The fraction of sp³-hybridized carbons (Fsp3) is 0.522. The second kappa shape index (κ2) is 20.6. The summed E-state index contributed by atoms with van der Waals surface area (Å²) in [4.78, 5) is 82.3. The van der Waals surface area contributed by atoms with Gasteiger partial charge in [-0.05, 0) is 26.0 Å². The number of benzene rings is 1. The number of Topliss-reactive ketones (excluding diaryl/α,β-unsaturated/α-hetero) is 3. The number of aliphatic hydroxyl groups is 5. The molecule has 1 aromatic rings. The fourth-order valence-electron chi connectivity index (χ4n) is 8.35. The van der Waals surface area contributed by atoms with Crippen molar-refractivity contribution < 1.29 is 78.4 Å². The summed E-state index contributed by atoms with van der Waals surface area (Å²) in [6, 6.07) is 0. The van der Waals surface area contributed by atoms with Crippen molar-refractivity contribution in [2.24, 2.45) is 23.7 Å². The molecule has 0 fully saturated rings. The third-order valence-electron chi connectivity index (χ3n) is 12.4. The van der Waals surface area contributed by atoms with E-state index in [0.29, 0.717) is 0 Å². The lowest BCUT2D eigenvalue weighted by Gasteiger charge is -2.38.